The van der Waals surface area contributed by atoms with Crippen molar-refractivity contribution in [3.05, 3.63) is 35.9 Å². The molecule has 1 fully saturated rings. The van der Waals surface area contributed by atoms with Gasteiger partial charge < -0.3 is 15.5 Å². The number of benzene rings is 1. The maximum Gasteiger partial charge on any atom is 0.223 e. The summed E-state index contributed by atoms with van der Waals surface area (Å²) in [6.07, 6.45) is 2.79. The molecule has 0 aliphatic carbocycles. The Morgan fingerprint density at radius 2 is 1.95 bits per heavy atom. The molecule has 2 rings (SSSR count). The Labute approximate surface area is 127 Å². The van der Waals surface area contributed by atoms with Crippen molar-refractivity contribution < 1.29 is 4.79 Å². The van der Waals surface area contributed by atoms with E-state index < -0.39 is 0 Å². The molecule has 4 nitrogen and oxygen atoms in total. The highest BCUT2D eigenvalue weighted by molar-refractivity contribution is 5.79. The van der Waals surface area contributed by atoms with Crippen LogP contribution in [0.1, 0.15) is 18.4 Å². The van der Waals surface area contributed by atoms with E-state index in [1.54, 1.807) is 0 Å². The number of amides is 1. The minimum Gasteiger partial charge on any atom is -0.352 e. The topological polar surface area (TPSA) is 44.4 Å². The number of rotatable bonds is 6. The number of piperidine rings is 1. The molecule has 1 amide bonds. The van der Waals surface area contributed by atoms with Gasteiger partial charge in [0.1, 0.15) is 0 Å². The highest BCUT2D eigenvalue weighted by Gasteiger charge is 2.23. The number of hydrogen-bond acceptors (Lipinski definition) is 3. The third-order valence-corrected chi connectivity index (χ3v) is 3.97. The van der Waals surface area contributed by atoms with Crippen LogP contribution in [0.25, 0.3) is 0 Å². The van der Waals surface area contributed by atoms with Crippen molar-refractivity contribution in [2.24, 2.45) is 5.92 Å². The lowest BCUT2D eigenvalue weighted by atomic mass is 9.96. The number of likely N-dealkylation sites (N-methyl/N-ethyl adjacent to an activating group) is 1. The van der Waals surface area contributed by atoms with Crippen molar-refractivity contribution >= 4 is 5.91 Å². The van der Waals surface area contributed by atoms with Crippen molar-refractivity contribution in [1.82, 2.24) is 15.5 Å². The van der Waals surface area contributed by atoms with Gasteiger partial charge in [0, 0.05) is 18.5 Å². The van der Waals surface area contributed by atoms with Gasteiger partial charge in [0.05, 0.1) is 0 Å². The second kappa shape index (κ2) is 8.15. The van der Waals surface area contributed by atoms with Gasteiger partial charge in [0.15, 0.2) is 0 Å². The zero-order chi connectivity index (χ0) is 15.1. The van der Waals surface area contributed by atoms with Crippen molar-refractivity contribution in [3.63, 3.8) is 0 Å². The maximum absolute atomic E-state index is 12.4. The number of nitrogens with one attached hydrogen (secondary N) is 2. The van der Waals surface area contributed by atoms with Crippen LogP contribution < -0.4 is 10.6 Å². The molecule has 1 atom stereocenters. The maximum atomic E-state index is 12.4. The quantitative estimate of drug-likeness (QED) is 0.829. The van der Waals surface area contributed by atoms with E-state index in [9.17, 15) is 4.79 Å². The van der Waals surface area contributed by atoms with Gasteiger partial charge in [-0.15, -0.1) is 0 Å². The van der Waals surface area contributed by atoms with Gasteiger partial charge in [0.25, 0.3) is 0 Å². The van der Waals surface area contributed by atoms with Crippen LogP contribution in [0, 0.1) is 5.92 Å². The fourth-order valence-electron chi connectivity index (χ4n) is 2.90. The molecule has 0 radical (unpaired) electrons. The molecular formula is C17H27N3O. The lowest BCUT2D eigenvalue weighted by Crippen LogP contribution is -2.47. The molecule has 21 heavy (non-hydrogen) atoms. The van der Waals surface area contributed by atoms with Crippen LogP contribution in [0.2, 0.25) is 0 Å². The summed E-state index contributed by atoms with van der Waals surface area (Å²) in [6, 6.07) is 10.6. The SMILES string of the molecule is CN(C)CC(Cc1ccccc1)NC(=O)C1CCNCC1. The first-order chi connectivity index (χ1) is 10.1. The highest BCUT2D eigenvalue weighted by Crippen LogP contribution is 2.12. The summed E-state index contributed by atoms with van der Waals surface area (Å²) in [7, 11) is 4.10. The van der Waals surface area contributed by atoms with Crippen molar-refractivity contribution in [3.8, 4) is 0 Å². The van der Waals surface area contributed by atoms with E-state index in [1.807, 2.05) is 6.07 Å². The Bertz CT molecular complexity index is 427. The van der Waals surface area contributed by atoms with Crippen LogP contribution in [-0.4, -0.2) is 50.6 Å². The molecule has 116 valence electrons. The summed E-state index contributed by atoms with van der Waals surface area (Å²) < 4.78 is 0. The third kappa shape index (κ3) is 5.48. The summed E-state index contributed by atoms with van der Waals surface area (Å²) in [4.78, 5) is 14.6. The molecule has 1 saturated heterocycles. The molecular weight excluding hydrogens is 262 g/mol. The molecule has 0 aromatic heterocycles. The number of carbonyl (C=O) groups is 1. The average Bonchev–Trinajstić information content (AvgIpc) is 2.48. The lowest BCUT2D eigenvalue weighted by Gasteiger charge is -2.27. The van der Waals surface area contributed by atoms with Crippen molar-refractivity contribution in [1.29, 1.82) is 0 Å². The Morgan fingerprint density at radius 1 is 1.29 bits per heavy atom. The van der Waals surface area contributed by atoms with E-state index in [0.29, 0.717) is 0 Å². The molecule has 1 aromatic carbocycles. The molecule has 0 spiro atoms. The van der Waals surface area contributed by atoms with Crippen LogP contribution in [0.4, 0.5) is 0 Å². The van der Waals surface area contributed by atoms with E-state index in [4.69, 9.17) is 0 Å². The third-order valence-electron chi connectivity index (χ3n) is 3.97. The van der Waals surface area contributed by atoms with E-state index in [-0.39, 0.29) is 17.9 Å². The van der Waals surface area contributed by atoms with Crippen LogP contribution in [0.3, 0.4) is 0 Å². The standard InChI is InChI=1S/C17H27N3O/c1-20(2)13-16(12-14-6-4-3-5-7-14)19-17(21)15-8-10-18-11-9-15/h3-7,15-16,18H,8-13H2,1-2H3,(H,19,21). The van der Waals surface area contributed by atoms with Gasteiger partial charge in [-0.05, 0) is 52.0 Å². The van der Waals surface area contributed by atoms with Gasteiger partial charge in [-0.3, -0.25) is 4.79 Å². The molecule has 1 aliphatic heterocycles. The molecule has 1 aromatic rings. The normalized spacial score (nSPS) is 17.7. The van der Waals surface area contributed by atoms with Gasteiger partial charge >= 0.3 is 0 Å². The first-order valence-corrected chi connectivity index (χ1v) is 7.85. The predicted molar refractivity (Wildman–Crippen MR) is 86.2 cm³/mol. The van der Waals surface area contributed by atoms with E-state index in [2.05, 4.69) is 53.9 Å². The molecule has 2 N–H and O–H groups in total. The molecule has 1 unspecified atom stereocenters. The second-order valence-electron chi connectivity index (χ2n) is 6.18. The Balaban J connectivity index is 1.93. The largest absolute Gasteiger partial charge is 0.352 e. The number of nitrogens with zero attached hydrogens (tertiary/aromatic N) is 1. The monoisotopic (exact) mass is 289 g/mol. The smallest absolute Gasteiger partial charge is 0.223 e. The van der Waals surface area contributed by atoms with Crippen LogP contribution in [-0.2, 0) is 11.2 Å². The van der Waals surface area contributed by atoms with Crippen LogP contribution in [0.15, 0.2) is 30.3 Å². The molecule has 1 aliphatic rings. The van der Waals surface area contributed by atoms with E-state index >= 15 is 0 Å². The van der Waals surface area contributed by atoms with Gasteiger partial charge in [0.2, 0.25) is 5.91 Å². The minimum atomic E-state index is 0.171. The highest BCUT2D eigenvalue weighted by atomic mass is 16.1. The summed E-state index contributed by atoms with van der Waals surface area (Å²) in [6.45, 7) is 2.77. The first-order valence-electron chi connectivity index (χ1n) is 7.85. The fourth-order valence-corrected chi connectivity index (χ4v) is 2.90. The summed E-state index contributed by atoms with van der Waals surface area (Å²) >= 11 is 0. The molecule has 0 bridgehead atoms. The average molecular weight is 289 g/mol. The van der Waals surface area contributed by atoms with E-state index in [1.165, 1.54) is 5.56 Å². The number of carbonyl (C=O) groups excluding carboxylic acids is 1. The zero-order valence-corrected chi connectivity index (χ0v) is 13.1. The first kappa shape index (κ1) is 16.0. The lowest BCUT2D eigenvalue weighted by molar-refractivity contribution is -0.126. The molecule has 1 heterocycles. The second-order valence-corrected chi connectivity index (χ2v) is 6.18. The molecule has 0 saturated carbocycles. The predicted octanol–water partition coefficient (Wildman–Crippen LogP) is 1.28. The summed E-state index contributed by atoms with van der Waals surface area (Å²) in [5.74, 6) is 0.394. The van der Waals surface area contributed by atoms with Gasteiger partial charge in [-0.2, -0.15) is 0 Å². The Kier molecular flexibility index (Phi) is 6.21. The summed E-state index contributed by atoms with van der Waals surface area (Å²) in [5.41, 5.74) is 1.27. The van der Waals surface area contributed by atoms with E-state index in [0.717, 1.165) is 38.9 Å². The Morgan fingerprint density at radius 3 is 2.57 bits per heavy atom. The molecule has 4 heteroatoms. The van der Waals surface area contributed by atoms with Gasteiger partial charge in [-0.1, -0.05) is 30.3 Å². The number of hydrogen-bond donors (Lipinski definition) is 2. The van der Waals surface area contributed by atoms with Crippen molar-refractivity contribution in [2.45, 2.75) is 25.3 Å². The Hall–Kier alpha value is -1.39. The summed E-state index contributed by atoms with van der Waals surface area (Å²) in [5, 5.41) is 6.56. The zero-order valence-electron chi connectivity index (χ0n) is 13.1. The van der Waals surface area contributed by atoms with Crippen LogP contribution >= 0.6 is 0 Å². The minimum absolute atomic E-state index is 0.171. The van der Waals surface area contributed by atoms with Crippen molar-refractivity contribution in [2.75, 3.05) is 33.7 Å². The van der Waals surface area contributed by atoms with Gasteiger partial charge in [-0.25, -0.2) is 0 Å². The van der Waals surface area contributed by atoms with Crippen LogP contribution in [0.5, 0.6) is 0 Å². The fraction of sp³-hybridized carbons (Fsp3) is 0.588.